The lowest BCUT2D eigenvalue weighted by Gasteiger charge is -2.09. The zero-order chi connectivity index (χ0) is 12.7. The van der Waals surface area contributed by atoms with Gasteiger partial charge in [-0.05, 0) is 36.5 Å². The monoisotopic (exact) mass is 273 g/mol. The van der Waals surface area contributed by atoms with Crippen molar-refractivity contribution in [3.63, 3.8) is 0 Å². The molecule has 0 aliphatic heterocycles. The summed E-state index contributed by atoms with van der Waals surface area (Å²) in [5, 5.41) is 3.59. The van der Waals surface area contributed by atoms with Gasteiger partial charge < -0.3 is 10.1 Å². The molecule has 0 saturated heterocycles. The van der Waals surface area contributed by atoms with E-state index in [9.17, 15) is 4.79 Å². The summed E-state index contributed by atoms with van der Waals surface area (Å²) in [7, 11) is 1.64. The van der Waals surface area contributed by atoms with Gasteiger partial charge in [0, 0.05) is 12.1 Å². The van der Waals surface area contributed by atoms with E-state index in [2.05, 4.69) is 16.2 Å². The van der Waals surface area contributed by atoms with Crippen molar-refractivity contribution >= 4 is 34.8 Å². The summed E-state index contributed by atoms with van der Waals surface area (Å²) in [4.78, 5) is 11.3. The van der Waals surface area contributed by atoms with Gasteiger partial charge >= 0.3 is 0 Å². The molecular formula is C10H12ClN3O2S. The van der Waals surface area contributed by atoms with Crippen LogP contribution in [0.4, 0.5) is 0 Å². The topological polar surface area (TPSA) is 62.4 Å². The molecule has 1 aromatic carbocycles. The summed E-state index contributed by atoms with van der Waals surface area (Å²) in [6.07, 6.45) is 0. The van der Waals surface area contributed by atoms with Crippen molar-refractivity contribution in [1.29, 1.82) is 0 Å². The van der Waals surface area contributed by atoms with Crippen LogP contribution in [0.1, 0.15) is 0 Å². The number of amides is 1. The van der Waals surface area contributed by atoms with Crippen molar-refractivity contribution in [2.24, 2.45) is 0 Å². The number of hydrogen-bond acceptors (Lipinski definition) is 3. The lowest BCUT2D eigenvalue weighted by molar-refractivity contribution is -0.123. The van der Waals surface area contributed by atoms with Crippen LogP contribution in [0.15, 0.2) is 24.3 Å². The predicted octanol–water partition coefficient (Wildman–Crippen LogP) is 0.844. The van der Waals surface area contributed by atoms with Gasteiger partial charge in [-0.3, -0.25) is 15.6 Å². The highest BCUT2D eigenvalue weighted by atomic mass is 35.5. The average molecular weight is 274 g/mol. The molecule has 5 nitrogen and oxygen atoms in total. The Morgan fingerprint density at radius 3 is 2.59 bits per heavy atom. The number of carbonyl (C=O) groups is 1. The van der Waals surface area contributed by atoms with E-state index in [1.807, 2.05) is 0 Å². The Labute approximate surface area is 109 Å². The van der Waals surface area contributed by atoms with Gasteiger partial charge in [0.2, 0.25) is 0 Å². The Morgan fingerprint density at radius 1 is 1.35 bits per heavy atom. The number of hydrogen-bond donors (Lipinski definition) is 3. The van der Waals surface area contributed by atoms with Crippen LogP contribution in [-0.2, 0) is 4.79 Å². The molecule has 1 amide bonds. The second kappa shape index (κ2) is 6.93. The normalized spacial score (nSPS) is 9.29. The standard InChI is InChI=1S/C10H12ClN3O2S/c1-12-10(17)14-13-9(15)6-16-8-4-2-7(11)3-5-8/h2-5H,6H2,1H3,(H,13,15)(H2,12,14,17). The lowest BCUT2D eigenvalue weighted by atomic mass is 10.3. The summed E-state index contributed by atoms with van der Waals surface area (Å²) in [5.74, 6) is 0.235. The molecule has 1 rings (SSSR count). The molecule has 1 aromatic rings. The fraction of sp³-hybridized carbons (Fsp3) is 0.200. The minimum Gasteiger partial charge on any atom is -0.484 e. The Kier molecular flexibility index (Phi) is 5.51. The number of benzene rings is 1. The van der Waals surface area contributed by atoms with Crippen LogP contribution >= 0.6 is 23.8 Å². The summed E-state index contributed by atoms with van der Waals surface area (Å²) in [6, 6.07) is 6.73. The molecule has 7 heteroatoms. The first-order valence-corrected chi connectivity index (χ1v) is 5.55. The number of rotatable bonds is 3. The maximum Gasteiger partial charge on any atom is 0.276 e. The lowest BCUT2D eigenvalue weighted by Crippen LogP contribution is -2.47. The molecule has 0 aliphatic rings. The van der Waals surface area contributed by atoms with E-state index < -0.39 is 0 Å². The molecule has 0 saturated carbocycles. The summed E-state index contributed by atoms with van der Waals surface area (Å²) >= 11 is 10.5. The van der Waals surface area contributed by atoms with E-state index >= 15 is 0 Å². The minimum atomic E-state index is -0.336. The van der Waals surface area contributed by atoms with Gasteiger partial charge in [0.25, 0.3) is 5.91 Å². The van der Waals surface area contributed by atoms with Gasteiger partial charge in [0.1, 0.15) is 5.75 Å². The molecule has 0 heterocycles. The molecule has 0 aromatic heterocycles. The van der Waals surface area contributed by atoms with Gasteiger partial charge in [0.05, 0.1) is 0 Å². The number of carbonyl (C=O) groups excluding carboxylic acids is 1. The minimum absolute atomic E-state index is 0.110. The number of thiocarbonyl (C=S) groups is 1. The van der Waals surface area contributed by atoms with Crippen LogP contribution in [0.25, 0.3) is 0 Å². The van der Waals surface area contributed by atoms with Crippen molar-refractivity contribution in [3.05, 3.63) is 29.3 Å². The first kappa shape index (κ1) is 13.5. The zero-order valence-electron chi connectivity index (χ0n) is 9.12. The Hall–Kier alpha value is -1.53. The van der Waals surface area contributed by atoms with Crippen LogP contribution in [0.2, 0.25) is 5.02 Å². The number of ether oxygens (including phenoxy) is 1. The highest BCUT2D eigenvalue weighted by Crippen LogP contribution is 2.15. The van der Waals surface area contributed by atoms with Crippen molar-refractivity contribution in [1.82, 2.24) is 16.2 Å². The van der Waals surface area contributed by atoms with E-state index in [-0.39, 0.29) is 12.5 Å². The molecular weight excluding hydrogens is 262 g/mol. The van der Waals surface area contributed by atoms with E-state index in [1.54, 1.807) is 31.3 Å². The van der Waals surface area contributed by atoms with Crippen LogP contribution in [0, 0.1) is 0 Å². The fourth-order valence-electron chi connectivity index (χ4n) is 0.905. The molecule has 0 spiro atoms. The van der Waals surface area contributed by atoms with Gasteiger partial charge in [-0.15, -0.1) is 0 Å². The third-order valence-corrected chi connectivity index (χ3v) is 2.28. The Morgan fingerprint density at radius 2 is 2.00 bits per heavy atom. The average Bonchev–Trinajstić information content (AvgIpc) is 2.35. The molecule has 0 bridgehead atoms. The zero-order valence-corrected chi connectivity index (χ0v) is 10.7. The summed E-state index contributed by atoms with van der Waals surface area (Å²) < 4.78 is 5.21. The molecule has 92 valence electrons. The van der Waals surface area contributed by atoms with E-state index in [4.69, 9.17) is 28.6 Å². The van der Waals surface area contributed by atoms with Gasteiger partial charge in [0.15, 0.2) is 11.7 Å². The number of halogens is 1. The van der Waals surface area contributed by atoms with Crippen LogP contribution in [0.3, 0.4) is 0 Å². The highest BCUT2D eigenvalue weighted by Gasteiger charge is 2.02. The molecule has 3 N–H and O–H groups in total. The van der Waals surface area contributed by atoms with Crippen molar-refractivity contribution in [2.75, 3.05) is 13.7 Å². The third-order valence-electron chi connectivity index (χ3n) is 1.73. The first-order chi connectivity index (χ1) is 8.11. The van der Waals surface area contributed by atoms with Gasteiger partial charge in [-0.1, -0.05) is 11.6 Å². The van der Waals surface area contributed by atoms with Crippen molar-refractivity contribution < 1.29 is 9.53 Å². The fourth-order valence-corrected chi connectivity index (χ4v) is 1.08. The first-order valence-electron chi connectivity index (χ1n) is 4.76. The molecule has 0 aliphatic carbocycles. The van der Waals surface area contributed by atoms with Gasteiger partial charge in [-0.2, -0.15) is 0 Å². The predicted molar refractivity (Wildman–Crippen MR) is 69.9 cm³/mol. The molecule has 0 atom stereocenters. The second-order valence-electron chi connectivity index (χ2n) is 2.99. The van der Waals surface area contributed by atoms with E-state index in [0.717, 1.165) is 0 Å². The molecule has 0 radical (unpaired) electrons. The van der Waals surface area contributed by atoms with Crippen LogP contribution in [-0.4, -0.2) is 24.7 Å². The number of hydrazine groups is 1. The van der Waals surface area contributed by atoms with Gasteiger partial charge in [-0.25, -0.2) is 0 Å². The van der Waals surface area contributed by atoms with E-state index in [1.165, 1.54) is 0 Å². The smallest absolute Gasteiger partial charge is 0.276 e. The molecule has 17 heavy (non-hydrogen) atoms. The van der Waals surface area contributed by atoms with Crippen LogP contribution < -0.4 is 20.9 Å². The summed E-state index contributed by atoms with van der Waals surface area (Å²) in [5.41, 5.74) is 4.87. The number of nitrogens with one attached hydrogen (secondary N) is 3. The quantitative estimate of drug-likeness (QED) is 0.563. The Balaban J connectivity index is 2.28. The molecule has 0 unspecified atom stereocenters. The third kappa shape index (κ3) is 5.37. The highest BCUT2D eigenvalue weighted by molar-refractivity contribution is 7.80. The van der Waals surface area contributed by atoms with Crippen molar-refractivity contribution in [2.45, 2.75) is 0 Å². The summed E-state index contributed by atoms with van der Waals surface area (Å²) in [6.45, 7) is -0.110. The molecule has 0 fully saturated rings. The van der Waals surface area contributed by atoms with Crippen LogP contribution in [0.5, 0.6) is 5.75 Å². The largest absolute Gasteiger partial charge is 0.484 e. The maximum atomic E-state index is 11.3. The SMILES string of the molecule is CNC(=S)NNC(=O)COc1ccc(Cl)cc1. The second-order valence-corrected chi connectivity index (χ2v) is 3.84. The Bertz CT molecular complexity index is 397. The van der Waals surface area contributed by atoms with E-state index in [0.29, 0.717) is 15.9 Å². The van der Waals surface area contributed by atoms with Crippen molar-refractivity contribution in [3.8, 4) is 5.75 Å². The maximum absolute atomic E-state index is 11.3.